The number of methoxy groups -OCH3 is 1. The Kier molecular flexibility index (Phi) is 8.33. The Labute approximate surface area is 179 Å². The van der Waals surface area contributed by atoms with E-state index in [4.69, 9.17) is 9.47 Å². The van der Waals surface area contributed by atoms with Crippen molar-refractivity contribution in [2.45, 2.75) is 39.3 Å². The van der Waals surface area contributed by atoms with Gasteiger partial charge in [-0.2, -0.15) is 0 Å². The number of amides is 1. The van der Waals surface area contributed by atoms with Crippen LogP contribution in [-0.2, 0) is 17.9 Å². The zero-order chi connectivity index (χ0) is 21.2. The molecule has 30 heavy (non-hydrogen) atoms. The van der Waals surface area contributed by atoms with E-state index in [1.165, 1.54) is 43.5 Å². The average Bonchev–Trinajstić information content (AvgIpc) is 2.78. The molecular weight excluding hydrogens is 376 g/mol. The van der Waals surface area contributed by atoms with Crippen molar-refractivity contribution >= 4 is 12.0 Å². The van der Waals surface area contributed by atoms with Gasteiger partial charge in [0, 0.05) is 12.1 Å². The summed E-state index contributed by atoms with van der Waals surface area (Å²) < 4.78 is 11.1. The van der Waals surface area contributed by atoms with Crippen molar-refractivity contribution in [2.24, 2.45) is 0 Å². The minimum absolute atomic E-state index is 0.0428. The average molecular weight is 410 g/mol. The molecule has 1 aliphatic rings. The van der Waals surface area contributed by atoms with Crippen LogP contribution in [0.4, 0.5) is 0 Å². The third-order valence-corrected chi connectivity index (χ3v) is 5.50. The van der Waals surface area contributed by atoms with E-state index >= 15 is 0 Å². The smallest absolute Gasteiger partial charge is 0.258 e. The molecule has 0 saturated carbocycles. The van der Waals surface area contributed by atoms with E-state index in [-0.39, 0.29) is 12.5 Å². The molecule has 1 saturated heterocycles. The second kappa shape index (κ2) is 11.4. The lowest BCUT2D eigenvalue weighted by Crippen LogP contribution is -3.11. The maximum Gasteiger partial charge on any atom is 0.258 e. The number of hydrogen-bond acceptors (Lipinski definition) is 3. The molecule has 2 aromatic carbocycles. The Morgan fingerprint density at radius 1 is 1.07 bits per heavy atom. The molecule has 1 amide bonds. The molecule has 1 heterocycles. The summed E-state index contributed by atoms with van der Waals surface area (Å²) in [4.78, 5) is 14.0. The molecule has 2 aromatic rings. The van der Waals surface area contributed by atoms with E-state index in [1.807, 2.05) is 43.3 Å². The monoisotopic (exact) mass is 409 g/mol. The van der Waals surface area contributed by atoms with Gasteiger partial charge in [-0.3, -0.25) is 4.79 Å². The number of nitrogens with one attached hydrogen (secondary N) is 2. The van der Waals surface area contributed by atoms with Crippen LogP contribution in [0.25, 0.3) is 6.08 Å². The molecule has 0 spiro atoms. The molecule has 160 valence electrons. The Morgan fingerprint density at radius 2 is 1.83 bits per heavy atom. The summed E-state index contributed by atoms with van der Waals surface area (Å²) in [6.45, 7) is 5.94. The number of benzene rings is 2. The molecule has 1 aliphatic heterocycles. The molecule has 2 N–H and O–H groups in total. The van der Waals surface area contributed by atoms with Crippen LogP contribution in [0.15, 0.2) is 48.5 Å². The Morgan fingerprint density at radius 3 is 2.57 bits per heavy atom. The van der Waals surface area contributed by atoms with Crippen LogP contribution in [0.3, 0.4) is 0 Å². The zero-order valence-corrected chi connectivity index (χ0v) is 18.1. The minimum atomic E-state index is -0.144. The lowest BCUT2D eigenvalue weighted by Gasteiger charge is -2.24. The SMILES string of the molecule is C/C=C/c1ccc(OCC(=O)NCc2ccccc2C[NH+]2CCCCC2)c(OC)c1. The highest BCUT2D eigenvalue weighted by atomic mass is 16.5. The third kappa shape index (κ3) is 6.36. The summed E-state index contributed by atoms with van der Waals surface area (Å²) >= 11 is 0. The van der Waals surface area contributed by atoms with E-state index in [0.717, 1.165) is 12.1 Å². The van der Waals surface area contributed by atoms with Gasteiger partial charge in [0.1, 0.15) is 6.54 Å². The first-order valence-corrected chi connectivity index (χ1v) is 10.8. The lowest BCUT2D eigenvalue weighted by molar-refractivity contribution is -0.918. The van der Waals surface area contributed by atoms with E-state index in [1.54, 1.807) is 12.0 Å². The summed E-state index contributed by atoms with van der Waals surface area (Å²) in [5.41, 5.74) is 3.52. The molecule has 5 heteroatoms. The summed E-state index contributed by atoms with van der Waals surface area (Å²) in [7, 11) is 1.60. The van der Waals surface area contributed by atoms with Crippen molar-refractivity contribution in [1.82, 2.24) is 5.32 Å². The van der Waals surface area contributed by atoms with E-state index in [2.05, 4.69) is 23.5 Å². The Bertz CT molecular complexity index is 857. The molecular formula is C25H33N2O3+. The van der Waals surface area contributed by atoms with Gasteiger partial charge in [0.15, 0.2) is 18.1 Å². The number of rotatable bonds is 9. The predicted octanol–water partition coefficient (Wildman–Crippen LogP) is 2.99. The van der Waals surface area contributed by atoms with Crippen molar-refractivity contribution in [3.8, 4) is 11.5 Å². The van der Waals surface area contributed by atoms with Gasteiger partial charge in [0.2, 0.25) is 0 Å². The quantitative estimate of drug-likeness (QED) is 0.670. The summed E-state index contributed by atoms with van der Waals surface area (Å²) in [6.07, 6.45) is 7.93. The van der Waals surface area contributed by atoms with Gasteiger partial charge in [-0.25, -0.2) is 0 Å². The number of likely N-dealkylation sites (tertiary alicyclic amines) is 1. The van der Waals surface area contributed by atoms with Gasteiger partial charge in [-0.05, 0) is 49.4 Å². The highest BCUT2D eigenvalue weighted by Gasteiger charge is 2.16. The molecule has 0 atom stereocenters. The standard InChI is InChI=1S/C25H32N2O3/c1-3-9-20-12-13-23(24(16-20)29-2)30-19-25(28)26-17-21-10-5-6-11-22(21)18-27-14-7-4-8-15-27/h3,5-6,9-13,16H,4,7-8,14-15,17-19H2,1-2H3,(H,26,28)/p+1/b9-3+. The zero-order valence-electron chi connectivity index (χ0n) is 18.1. The van der Waals surface area contributed by atoms with Crippen LogP contribution in [-0.4, -0.2) is 32.7 Å². The largest absolute Gasteiger partial charge is 0.493 e. The van der Waals surface area contributed by atoms with Crippen LogP contribution < -0.4 is 19.7 Å². The van der Waals surface area contributed by atoms with Crippen LogP contribution >= 0.6 is 0 Å². The molecule has 5 nitrogen and oxygen atoms in total. The second-order valence-electron chi connectivity index (χ2n) is 7.73. The van der Waals surface area contributed by atoms with Crippen molar-refractivity contribution in [2.75, 3.05) is 26.8 Å². The molecule has 0 unspecified atom stereocenters. The molecule has 0 radical (unpaired) electrons. The van der Waals surface area contributed by atoms with Crippen LogP contribution in [0.1, 0.15) is 42.9 Å². The number of hydrogen-bond donors (Lipinski definition) is 2. The molecule has 0 aromatic heterocycles. The summed E-state index contributed by atoms with van der Waals surface area (Å²) in [5.74, 6) is 1.04. The maximum absolute atomic E-state index is 12.4. The molecule has 3 rings (SSSR count). The van der Waals surface area contributed by atoms with Gasteiger partial charge in [0.25, 0.3) is 5.91 Å². The van der Waals surface area contributed by atoms with E-state index < -0.39 is 0 Å². The van der Waals surface area contributed by atoms with Crippen LogP contribution in [0, 0.1) is 0 Å². The third-order valence-electron chi connectivity index (χ3n) is 5.50. The topological polar surface area (TPSA) is 52.0 Å². The number of piperidine rings is 1. The number of quaternary nitrogens is 1. The summed E-state index contributed by atoms with van der Waals surface area (Å²) in [5, 5.41) is 2.99. The first-order chi connectivity index (χ1) is 14.7. The summed E-state index contributed by atoms with van der Waals surface area (Å²) in [6, 6.07) is 14.1. The van der Waals surface area contributed by atoms with Gasteiger partial charge in [0.05, 0.1) is 20.2 Å². The fraction of sp³-hybridized carbons (Fsp3) is 0.400. The fourth-order valence-electron chi connectivity index (χ4n) is 3.89. The van der Waals surface area contributed by atoms with Crippen molar-refractivity contribution in [3.05, 3.63) is 65.2 Å². The highest BCUT2D eigenvalue weighted by Crippen LogP contribution is 2.28. The van der Waals surface area contributed by atoms with Crippen molar-refractivity contribution < 1.29 is 19.2 Å². The van der Waals surface area contributed by atoms with Crippen molar-refractivity contribution in [3.63, 3.8) is 0 Å². The second-order valence-corrected chi connectivity index (χ2v) is 7.73. The van der Waals surface area contributed by atoms with Gasteiger partial charge < -0.3 is 19.7 Å². The van der Waals surface area contributed by atoms with Gasteiger partial charge in [-0.15, -0.1) is 0 Å². The van der Waals surface area contributed by atoms with Crippen LogP contribution in [0.5, 0.6) is 11.5 Å². The molecule has 1 fully saturated rings. The lowest BCUT2D eigenvalue weighted by atomic mass is 10.0. The predicted molar refractivity (Wildman–Crippen MR) is 120 cm³/mol. The first-order valence-electron chi connectivity index (χ1n) is 10.8. The normalized spacial score (nSPS) is 14.6. The van der Waals surface area contributed by atoms with Gasteiger partial charge >= 0.3 is 0 Å². The molecule has 0 bridgehead atoms. The Balaban J connectivity index is 1.53. The number of allylic oxidation sites excluding steroid dienone is 1. The Hall–Kier alpha value is -2.79. The van der Waals surface area contributed by atoms with Crippen LogP contribution in [0.2, 0.25) is 0 Å². The number of ether oxygens (including phenoxy) is 2. The number of carbonyl (C=O) groups excluding carboxylic acids is 1. The number of carbonyl (C=O) groups is 1. The van der Waals surface area contributed by atoms with E-state index in [9.17, 15) is 4.79 Å². The highest BCUT2D eigenvalue weighted by molar-refractivity contribution is 5.77. The molecule has 0 aliphatic carbocycles. The fourth-order valence-corrected chi connectivity index (χ4v) is 3.89. The van der Waals surface area contributed by atoms with Crippen molar-refractivity contribution in [1.29, 1.82) is 0 Å². The van der Waals surface area contributed by atoms with E-state index in [0.29, 0.717) is 18.0 Å². The maximum atomic E-state index is 12.4. The minimum Gasteiger partial charge on any atom is -0.493 e. The first kappa shape index (κ1) is 21.9. The van der Waals surface area contributed by atoms with Gasteiger partial charge in [-0.1, -0.05) is 42.5 Å².